The number of azo groups is 1. The van der Waals surface area contributed by atoms with Crippen molar-refractivity contribution in [3.05, 3.63) is 96.1 Å². The second-order valence-electron chi connectivity index (χ2n) is 5.03. The number of rotatable bonds is 3. The third kappa shape index (κ3) is 5.19. The monoisotopic (exact) mass is 302 g/mol. The van der Waals surface area contributed by atoms with Gasteiger partial charge in [-0.2, -0.15) is 10.2 Å². The Morgan fingerprint density at radius 1 is 0.957 bits per heavy atom. The number of benzene rings is 2. The minimum atomic E-state index is 0.915. The largest absolute Gasteiger partial charge is 0.192 e. The highest BCUT2D eigenvalue weighted by molar-refractivity contribution is 5.70. The molecule has 1 aliphatic carbocycles. The van der Waals surface area contributed by atoms with Crippen molar-refractivity contribution < 1.29 is 0 Å². The molecule has 116 valence electrons. The van der Waals surface area contributed by atoms with Crippen LogP contribution in [0, 0.1) is 0 Å². The molecule has 0 unspecified atom stereocenters. The van der Waals surface area contributed by atoms with Crippen molar-refractivity contribution in [2.45, 2.75) is 13.3 Å². The highest BCUT2D eigenvalue weighted by atomic mass is 15.1. The van der Waals surface area contributed by atoms with Crippen molar-refractivity contribution in [1.29, 1.82) is 0 Å². The molecule has 0 N–H and O–H groups in total. The van der Waals surface area contributed by atoms with E-state index in [1.807, 2.05) is 49.4 Å². The topological polar surface area (TPSA) is 24.7 Å². The molecule has 23 heavy (non-hydrogen) atoms. The average Bonchev–Trinajstić information content (AvgIpc) is 3.16. The van der Waals surface area contributed by atoms with E-state index in [1.165, 1.54) is 11.1 Å². The predicted octanol–water partition coefficient (Wildman–Crippen LogP) is 6.16. The summed E-state index contributed by atoms with van der Waals surface area (Å²) in [6, 6.07) is 20.5. The normalized spacial score (nSPS) is 13.7. The van der Waals surface area contributed by atoms with Crippen LogP contribution in [0.1, 0.15) is 24.5 Å². The van der Waals surface area contributed by atoms with Gasteiger partial charge in [0.1, 0.15) is 0 Å². The Balaban J connectivity index is 0.000000167. The maximum absolute atomic E-state index is 4.00. The fourth-order valence-electron chi connectivity index (χ4n) is 2.31. The first-order valence-corrected chi connectivity index (χ1v) is 7.78. The molecule has 2 aromatic rings. The molecule has 0 spiro atoms. The van der Waals surface area contributed by atoms with Crippen molar-refractivity contribution in [1.82, 2.24) is 0 Å². The maximum Gasteiger partial charge on any atom is 0.0882 e. The van der Waals surface area contributed by atoms with E-state index < -0.39 is 0 Å². The van der Waals surface area contributed by atoms with Gasteiger partial charge in [0.05, 0.1) is 5.70 Å². The number of allylic oxidation sites excluding steroid dienone is 5. The van der Waals surface area contributed by atoms with E-state index in [0.29, 0.717) is 0 Å². The molecule has 3 rings (SSSR count). The summed E-state index contributed by atoms with van der Waals surface area (Å²) in [6.07, 6.45) is 9.51. The summed E-state index contributed by atoms with van der Waals surface area (Å²) in [5, 5.41) is 7.74. The predicted molar refractivity (Wildman–Crippen MR) is 99.0 cm³/mol. The summed E-state index contributed by atoms with van der Waals surface area (Å²) >= 11 is 0. The van der Waals surface area contributed by atoms with Crippen LogP contribution < -0.4 is 0 Å². The summed E-state index contributed by atoms with van der Waals surface area (Å²) in [5.41, 5.74) is 4.78. The lowest BCUT2D eigenvalue weighted by Crippen LogP contribution is -1.77. The van der Waals surface area contributed by atoms with E-state index in [2.05, 4.69) is 52.7 Å². The summed E-state index contributed by atoms with van der Waals surface area (Å²) in [4.78, 5) is 0. The van der Waals surface area contributed by atoms with E-state index >= 15 is 0 Å². The Morgan fingerprint density at radius 2 is 1.61 bits per heavy atom. The number of nitrogens with zero attached hydrogens (tertiary/aromatic N) is 2. The quantitative estimate of drug-likeness (QED) is 0.607. The van der Waals surface area contributed by atoms with Crippen LogP contribution in [0.4, 0.5) is 0 Å². The average molecular weight is 302 g/mol. The Kier molecular flexibility index (Phi) is 6.73. The van der Waals surface area contributed by atoms with Crippen LogP contribution in [0.5, 0.6) is 0 Å². The lowest BCUT2D eigenvalue weighted by molar-refractivity contribution is 1.17. The second kappa shape index (κ2) is 9.31. The van der Waals surface area contributed by atoms with Crippen LogP contribution in [0.25, 0.3) is 11.3 Å². The SMILES string of the molecule is C/C=C(\N=NC)c1ccccc1.C1=CCC(c2ccccc2)=C1. The van der Waals surface area contributed by atoms with Gasteiger partial charge in [0.2, 0.25) is 0 Å². The molecule has 0 heterocycles. The Morgan fingerprint density at radius 3 is 2.13 bits per heavy atom. The Bertz CT molecular complexity index is 708. The van der Waals surface area contributed by atoms with E-state index in [-0.39, 0.29) is 0 Å². The van der Waals surface area contributed by atoms with Crippen LogP contribution in [-0.4, -0.2) is 7.05 Å². The first kappa shape index (κ1) is 16.6. The molecule has 2 heteroatoms. The van der Waals surface area contributed by atoms with Gasteiger partial charge in [-0.3, -0.25) is 0 Å². The van der Waals surface area contributed by atoms with Gasteiger partial charge in [0, 0.05) is 12.6 Å². The van der Waals surface area contributed by atoms with E-state index in [0.717, 1.165) is 17.7 Å². The maximum atomic E-state index is 4.00. The summed E-state index contributed by atoms with van der Waals surface area (Å²) in [7, 11) is 1.67. The third-order valence-corrected chi connectivity index (χ3v) is 3.47. The molecule has 2 nitrogen and oxygen atoms in total. The summed E-state index contributed by atoms with van der Waals surface area (Å²) < 4.78 is 0. The molecule has 0 saturated heterocycles. The van der Waals surface area contributed by atoms with Gasteiger partial charge < -0.3 is 0 Å². The highest BCUT2D eigenvalue weighted by Gasteiger charge is 2.00. The summed E-state index contributed by atoms with van der Waals surface area (Å²) in [6.45, 7) is 1.96. The molecule has 0 aromatic heterocycles. The van der Waals surface area contributed by atoms with Gasteiger partial charge in [0.25, 0.3) is 0 Å². The van der Waals surface area contributed by atoms with Crippen LogP contribution in [0.2, 0.25) is 0 Å². The molecule has 1 aliphatic rings. The van der Waals surface area contributed by atoms with E-state index in [1.54, 1.807) is 7.05 Å². The van der Waals surface area contributed by atoms with Crippen molar-refractivity contribution in [2.24, 2.45) is 10.2 Å². The van der Waals surface area contributed by atoms with Crippen LogP contribution >= 0.6 is 0 Å². The van der Waals surface area contributed by atoms with Crippen LogP contribution in [0.3, 0.4) is 0 Å². The zero-order valence-electron chi connectivity index (χ0n) is 13.7. The number of hydrogen-bond donors (Lipinski definition) is 0. The molecule has 0 saturated carbocycles. The fourth-order valence-corrected chi connectivity index (χ4v) is 2.31. The lowest BCUT2D eigenvalue weighted by Gasteiger charge is -1.99. The molecule has 0 aliphatic heterocycles. The number of hydrogen-bond acceptors (Lipinski definition) is 2. The van der Waals surface area contributed by atoms with Crippen LogP contribution in [-0.2, 0) is 0 Å². The molecule has 0 bridgehead atoms. The zero-order valence-corrected chi connectivity index (χ0v) is 13.7. The van der Waals surface area contributed by atoms with E-state index in [4.69, 9.17) is 0 Å². The van der Waals surface area contributed by atoms with Crippen molar-refractivity contribution in [3.8, 4) is 0 Å². The van der Waals surface area contributed by atoms with Gasteiger partial charge in [-0.05, 0) is 24.5 Å². The lowest BCUT2D eigenvalue weighted by atomic mass is 10.1. The Labute approximate surface area is 138 Å². The van der Waals surface area contributed by atoms with Crippen molar-refractivity contribution in [2.75, 3.05) is 7.05 Å². The molecule has 2 aromatic carbocycles. The zero-order chi connectivity index (χ0) is 16.3. The molecule has 0 atom stereocenters. The molecular formula is C21H22N2. The summed E-state index contributed by atoms with van der Waals surface area (Å²) in [5.74, 6) is 0. The first-order valence-electron chi connectivity index (χ1n) is 7.78. The van der Waals surface area contributed by atoms with Gasteiger partial charge in [-0.25, -0.2) is 0 Å². The fraction of sp³-hybridized carbons (Fsp3) is 0.143. The van der Waals surface area contributed by atoms with E-state index in [9.17, 15) is 0 Å². The minimum absolute atomic E-state index is 0.915. The highest BCUT2D eigenvalue weighted by Crippen LogP contribution is 2.22. The van der Waals surface area contributed by atoms with Crippen molar-refractivity contribution >= 4 is 11.3 Å². The molecule has 0 fully saturated rings. The second-order valence-corrected chi connectivity index (χ2v) is 5.03. The van der Waals surface area contributed by atoms with Crippen molar-refractivity contribution in [3.63, 3.8) is 0 Å². The van der Waals surface area contributed by atoms with Gasteiger partial charge in [0.15, 0.2) is 0 Å². The minimum Gasteiger partial charge on any atom is -0.192 e. The molecule has 0 radical (unpaired) electrons. The molecular weight excluding hydrogens is 280 g/mol. The third-order valence-electron chi connectivity index (χ3n) is 3.47. The standard InChI is InChI=1S/C11H10.C10H12N2/c1-2-6-10(7-3-1)11-8-4-5-9-11;1-3-10(12-11-2)9-7-5-4-6-8-9/h1-8H,9H2;3-8H,1-2H3/b;10-3-,12-11?. The first-order chi connectivity index (χ1) is 11.3. The Hall–Kier alpha value is -2.74. The van der Waals surface area contributed by atoms with Gasteiger partial charge in [-0.15, -0.1) is 0 Å². The van der Waals surface area contributed by atoms with Gasteiger partial charge in [-0.1, -0.05) is 85.0 Å². The van der Waals surface area contributed by atoms with Crippen LogP contribution in [0.15, 0.2) is 95.2 Å². The molecule has 0 amide bonds. The smallest absolute Gasteiger partial charge is 0.0882 e. The van der Waals surface area contributed by atoms with Gasteiger partial charge >= 0.3 is 0 Å².